The molecule has 3 nitrogen and oxygen atoms in total. The Morgan fingerprint density at radius 3 is 3.06 bits per heavy atom. The number of rotatable bonds is 3. The minimum Gasteiger partial charge on any atom is -0.371 e. The first kappa shape index (κ1) is 11.5. The topological polar surface area (TPSA) is 34.1 Å². The molecule has 1 aromatic rings. The summed E-state index contributed by atoms with van der Waals surface area (Å²) in [5.41, 5.74) is 2.11. The normalized spacial score (nSPS) is 26.1. The summed E-state index contributed by atoms with van der Waals surface area (Å²) >= 11 is 2.07. The van der Waals surface area contributed by atoms with E-state index < -0.39 is 0 Å². The van der Waals surface area contributed by atoms with Crippen molar-refractivity contribution in [3.63, 3.8) is 0 Å². The van der Waals surface area contributed by atoms with Crippen LogP contribution in [-0.4, -0.2) is 34.7 Å². The molecule has 1 N–H and O–H groups in total. The van der Waals surface area contributed by atoms with Crippen molar-refractivity contribution in [3.8, 4) is 0 Å². The average molecular weight is 250 g/mol. The summed E-state index contributed by atoms with van der Waals surface area (Å²) in [4.78, 5) is 4.46. The van der Waals surface area contributed by atoms with Crippen molar-refractivity contribution in [2.24, 2.45) is 0 Å². The molecule has 0 aromatic carbocycles. The molecule has 0 amide bonds. The SMILES string of the molecule is Cc1cccc(COC2CSC3(CNC3)C2)n1. The lowest BCUT2D eigenvalue weighted by molar-refractivity contribution is 0.0442. The second kappa shape index (κ2) is 4.59. The fourth-order valence-corrected chi connectivity index (χ4v) is 3.91. The van der Waals surface area contributed by atoms with Crippen LogP contribution in [0.25, 0.3) is 0 Å². The number of thioether (sulfide) groups is 1. The third-order valence-electron chi connectivity index (χ3n) is 3.48. The molecule has 1 atom stereocenters. The first-order valence-electron chi connectivity index (χ1n) is 6.15. The van der Waals surface area contributed by atoms with Gasteiger partial charge >= 0.3 is 0 Å². The molecule has 0 radical (unpaired) electrons. The highest BCUT2D eigenvalue weighted by atomic mass is 32.2. The van der Waals surface area contributed by atoms with Gasteiger partial charge in [0.1, 0.15) is 0 Å². The van der Waals surface area contributed by atoms with Crippen molar-refractivity contribution < 1.29 is 4.74 Å². The van der Waals surface area contributed by atoms with Crippen LogP contribution in [0.3, 0.4) is 0 Å². The van der Waals surface area contributed by atoms with Gasteiger partial charge in [0, 0.05) is 29.3 Å². The second-order valence-corrected chi connectivity index (χ2v) is 6.49. The predicted octanol–water partition coefficient (Wildman–Crippen LogP) is 1.75. The molecule has 0 aliphatic carbocycles. The minimum atomic E-state index is 0.407. The van der Waals surface area contributed by atoms with Crippen LogP contribution in [0.5, 0.6) is 0 Å². The fourth-order valence-electron chi connectivity index (χ4n) is 2.44. The molecular formula is C13H18N2OS. The molecule has 92 valence electrons. The zero-order valence-electron chi connectivity index (χ0n) is 10.1. The first-order chi connectivity index (χ1) is 8.26. The second-order valence-electron chi connectivity index (χ2n) is 5.01. The Hall–Kier alpha value is -0.580. The Labute approximate surface area is 106 Å². The maximum absolute atomic E-state index is 5.96. The summed E-state index contributed by atoms with van der Waals surface area (Å²) in [6.07, 6.45) is 1.60. The van der Waals surface area contributed by atoms with Gasteiger partial charge in [-0.05, 0) is 25.5 Å². The van der Waals surface area contributed by atoms with Crippen LogP contribution >= 0.6 is 11.8 Å². The minimum absolute atomic E-state index is 0.407. The average Bonchev–Trinajstić information content (AvgIpc) is 2.71. The lowest BCUT2D eigenvalue weighted by atomic mass is 9.96. The van der Waals surface area contributed by atoms with Crippen LogP contribution in [0.1, 0.15) is 17.8 Å². The highest BCUT2D eigenvalue weighted by Crippen LogP contribution is 2.42. The van der Waals surface area contributed by atoms with E-state index in [1.165, 1.54) is 6.42 Å². The summed E-state index contributed by atoms with van der Waals surface area (Å²) in [5, 5.41) is 3.36. The summed E-state index contributed by atoms with van der Waals surface area (Å²) in [6, 6.07) is 6.10. The van der Waals surface area contributed by atoms with E-state index in [9.17, 15) is 0 Å². The molecule has 2 fully saturated rings. The molecule has 17 heavy (non-hydrogen) atoms. The number of aryl methyl sites for hydroxylation is 1. The smallest absolute Gasteiger partial charge is 0.0892 e. The number of aromatic nitrogens is 1. The maximum Gasteiger partial charge on any atom is 0.0892 e. The lowest BCUT2D eigenvalue weighted by Gasteiger charge is -2.38. The number of nitrogens with one attached hydrogen (secondary N) is 1. The van der Waals surface area contributed by atoms with Gasteiger partial charge in [-0.3, -0.25) is 4.98 Å². The molecule has 1 aromatic heterocycles. The van der Waals surface area contributed by atoms with Gasteiger partial charge in [0.2, 0.25) is 0 Å². The molecule has 0 saturated carbocycles. The number of hydrogen-bond acceptors (Lipinski definition) is 4. The quantitative estimate of drug-likeness (QED) is 0.886. The summed E-state index contributed by atoms with van der Waals surface area (Å²) in [7, 11) is 0. The Kier molecular flexibility index (Phi) is 3.11. The zero-order valence-corrected chi connectivity index (χ0v) is 10.9. The standard InChI is InChI=1S/C13H18N2OS/c1-10-3-2-4-11(15-10)6-16-12-5-13(17-7-12)8-14-9-13/h2-4,12,14H,5-9H2,1H3. The molecule has 1 spiro atoms. The summed E-state index contributed by atoms with van der Waals surface area (Å²) in [6.45, 7) is 4.97. The van der Waals surface area contributed by atoms with Gasteiger partial charge in [0.15, 0.2) is 0 Å². The molecule has 3 heterocycles. The monoisotopic (exact) mass is 250 g/mol. The van der Waals surface area contributed by atoms with Crippen LogP contribution in [0.15, 0.2) is 18.2 Å². The van der Waals surface area contributed by atoms with E-state index >= 15 is 0 Å². The van der Waals surface area contributed by atoms with Gasteiger partial charge in [-0.25, -0.2) is 0 Å². The molecular weight excluding hydrogens is 232 g/mol. The van der Waals surface area contributed by atoms with Crippen molar-refractivity contribution >= 4 is 11.8 Å². The van der Waals surface area contributed by atoms with Gasteiger partial charge in [0.05, 0.1) is 18.4 Å². The highest BCUT2D eigenvalue weighted by Gasteiger charge is 2.44. The molecule has 3 rings (SSSR count). The highest BCUT2D eigenvalue weighted by molar-refractivity contribution is 8.01. The first-order valence-corrected chi connectivity index (χ1v) is 7.13. The molecule has 2 saturated heterocycles. The van der Waals surface area contributed by atoms with Gasteiger partial charge in [-0.1, -0.05) is 6.07 Å². The summed E-state index contributed by atoms with van der Waals surface area (Å²) in [5.74, 6) is 1.13. The van der Waals surface area contributed by atoms with Gasteiger partial charge in [-0.15, -0.1) is 11.8 Å². The Morgan fingerprint density at radius 2 is 2.41 bits per heavy atom. The van der Waals surface area contributed by atoms with Gasteiger partial charge < -0.3 is 10.1 Å². The van der Waals surface area contributed by atoms with E-state index in [0.717, 1.165) is 30.2 Å². The van der Waals surface area contributed by atoms with Crippen LogP contribution in [0.4, 0.5) is 0 Å². The van der Waals surface area contributed by atoms with E-state index in [1.807, 2.05) is 25.1 Å². The number of nitrogens with zero attached hydrogens (tertiary/aromatic N) is 1. The molecule has 0 bridgehead atoms. The van der Waals surface area contributed by atoms with Crippen molar-refractivity contribution in [1.82, 2.24) is 10.3 Å². The van der Waals surface area contributed by atoms with Crippen molar-refractivity contribution in [3.05, 3.63) is 29.6 Å². The van der Waals surface area contributed by atoms with Crippen LogP contribution in [0, 0.1) is 6.92 Å². The fraction of sp³-hybridized carbons (Fsp3) is 0.615. The van der Waals surface area contributed by atoms with Crippen molar-refractivity contribution in [2.45, 2.75) is 30.8 Å². The Bertz CT molecular complexity index is 406. The molecule has 2 aliphatic rings. The third kappa shape index (κ3) is 2.49. The van der Waals surface area contributed by atoms with Crippen molar-refractivity contribution in [1.29, 1.82) is 0 Å². The van der Waals surface area contributed by atoms with E-state index in [4.69, 9.17) is 4.74 Å². The molecule has 4 heteroatoms. The number of hydrogen-bond donors (Lipinski definition) is 1. The Morgan fingerprint density at radius 1 is 1.53 bits per heavy atom. The maximum atomic E-state index is 5.96. The van der Waals surface area contributed by atoms with Gasteiger partial charge in [-0.2, -0.15) is 0 Å². The van der Waals surface area contributed by atoms with Gasteiger partial charge in [0.25, 0.3) is 0 Å². The number of ether oxygens (including phenoxy) is 1. The van der Waals surface area contributed by atoms with E-state index in [2.05, 4.69) is 22.1 Å². The summed E-state index contributed by atoms with van der Waals surface area (Å²) < 4.78 is 6.45. The van der Waals surface area contributed by atoms with E-state index in [1.54, 1.807) is 0 Å². The Balaban J connectivity index is 1.52. The third-order valence-corrected chi connectivity index (χ3v) is 5.09. The van der Waals surface area contributed by atoms with Crippen LogP contribution < -0.4 is 5.32 Å². The lowest BCUT2D eigenvalue weighted by Crippen LogP contribution is -2.56. The number of pyridine rings is 1. The predicted molar refractivity (Wildman–Crippen MR) is 70.2 cm³/mol. The van der Waals surface area contributed by atoms with Crippen molar-refractivity contribution in [2.75, 3.05) is 18.8 Å². The zero-order chi connectivity index (χ0) is 11.7. The largest absolute Gasteiger partial charge is 0.371 e. The van der Waals surface area contributed by atoms with Crippen LogP contribution in [-0.2, 0) is 11.3 Å². The van der Waals surface area contributed by atoms with E-state index in [-0.39, 0.29) is 0 Å². The molecule has 1 unspecified atom stereocenters. The molecule has 2 aliphatic heterocycles. The van der Waals surface area contributed by atoms with E-state index in [0.29, 0.717) is 17.5 Å². The van der Waals surface area contributed by atoms with Crippen LogP contribution in [0.2, 0.25) is 0 Å².